The Labute approximate surface area is 160 Å². The quantitative estimate of drug-likeness (QED) is 0.437. The van der Waals surface area contributed by atoms with Crippen LogP contribution in [0.3, 0.4) is 0 Å². The molecule has 0 atom stereocenters. The fourth-order valence-electron chi connectivity index (χ4n) is 3.31. The van der Waals surface area contributed by atoms with Crippen LogP contribution in [-0.4, -0.2) is 39.6 Å². The Bertz CT molecular complexity index is 1190. The van der Waals surface area contributed by atoms with Gasteiger partial charge in [0.1, 0.15) is 17.0 Å². The summed E-state index contributed by atoms with van der Waals surface area (Å²) in [7, 11) is 5.25. The Morgan fingerprint density at radius 3 is 2.82 bits per heavy atom. The molecule has 0 saturated heterocycles. The number of aromatic nitrogens is 4. The molecule has 4 rings (SSSR count). The Hall–Kier alpha value is -3.62. The van der Waals surface area contributed by atoms with Crippen LogP contribution in [0.2, 0.25) is 0 Å². The maximum absolute atomic E-state index is 14.2. The number of anilines is 1. The molecule has 3 aromatic heterocycles. The van der Waals surface area contributed by atoms with Gasteiger partial charge in [-0.05, 0) is 29.8 Å². The number of hydrogen-bond acceptors (Lipinski definition) is 4. The Morgan fingerprint density at radius 2 is 2.07 bits per heavy atom. The molecule has 0 unspecified atom stereocenters. The van der Waals surface area contributed by atoms with Gasteiger partial charge in [0.05, 0.1) is 11.8 Å². The summed E-state index contributed by atoms with van der Waals surface area (Å²) < 4.78 is 16.1. The first kappa shape index (κ1) is 17.8. The number of pyridine rings is 1. The molecule has 2 amide bonds. The first-order valence-corrected chi connectivity index (χ1v) is 8.77. The van der Waals surface area contributed by atoms with E-state index in [1.54, 1.807) is 13.4 Å². The van der Waals surface area contributed by atoms with Crippen molar-refractivity contribution in [3.8, 4) is 11.3 Å². The molecular weight excluding hydrogens is 361 g/mol. The second-order valence-electron chi connectivity index (χ2n) is 6.49. The zero-order chi connectivity index (χ0) is 19.8. The molecule has 4 aromatic rings. The minimum Gasteiger partial charge on any atom is -0.371 e. The van der Waals surface area contributed by atoms with Crippen molar-refractivity contribution in [1.29, 1.82) is 0 Å². The van der Waals surface area contributed by atoms with Gasteiger partial charge in [0.25, 0.3) is 0 Å². The van der Waals surface area contributed by atoms with Crippen molar-refractivity contribution in [3.05, 3.63) is 42.0 Å². The molecule has 0 fully saturated rings. The molecule has 144 valence electrons. The lowest BCUT2D eigenvalue weighted by Gasteiger charge is -2.07. The number of aryl methyl sites for hydroxylation is 1. The number of fused-ring (bicyclic) bond motifs is 3. The smallest absolute Gasteiger partial charge is 0.314 e. The fraction of sp³-hybridized carbons (Fsp3) is 0.211. The van der Waals surface area contributed by atoms with E-state index >= 15 is 0 Å². The van der Waals surface area contributed by atoms with E-state index in [1.807, 2.05) is 23.7 Å². The van der Waals surface area contributed by atoms with Gasteiger partial charge in [-0.3, -0.25) is 0 Å². The van der Waals surface area contributed by atoms with Gasteiger partial charge in [-0.15, -0.1) is 0 Å². The number of nitrogens with zero attached hydrogens (tertiary/aromatic N) is 3. The van der Waals surface area contributed by atoms with Crippen molar-refractivity contribution in [3.63, 3.8) is 0 Å². The van der Waals surface area contributed by atoms with Crippen molar-refractivity contribution in [2.24, 2.45) is 7.05 Å². The van der Waals surface area contributed by atoms with E-state index in [4.69, 9.17) is 0 Å². The molecule has 8 nitrogen and oxygen atoms in total. The van der Waals surface area contributed by atoms with Gasteiger partial charge in [-0.1, -0.05) is 0 Å². The Kier molecular flexibility index (Phi) is 4.34. The van der Waals surface area contributed by atoms with Crippen LogP contribution in [0.4, 0.5) is 15.0 Å². The van der Waals surface area contributed by atoms with Crippen molar-refractivity contribution >= 4 is 33.9 Å². The number of urea groups is 1. The van der Waals surface area contributed by atoms with Gasteiger partial charge in [0.15, 0.2) is 5.82 Å². The second kappa shape index (κ2) is 6.84. The van der Waals surface area contributed by atoms with Gasteiger partial charge in [0, 0.05) is 44.3 Å². The summed E-state index contributed by atoms with van der Waals surface area (Å²) in [6.07, 6.45) is 1.74. The largest absolute Gasteiger partial charge is 0.371 e. The number of amides is 2. The van der Waals surface area contributed by atoms with E-state index in [0.29, 0.717) is 22.6 Å². The van der Waals surface area contributed by atoms with E-state index in [2.05, 4.69) is 30.9 Å². The predicted octanol–water partition coefficient (Wildman–Crippen LogP) is 2.73. The van der Waals surface area contributed by atoms with Crippen LogP contribution in [0.1, 0.15) is 5.56 Å². The summed E-state index contributed by atoms with van der Waals surface area (Å²) in [5.41, 5.74) is 4.47. The molecule has 9 heteroatoms. The number of carbonyl (C=O) groups is 1. The monoisotopic (exact) mass is 381 g/mol. The molecular formula is C19H20FN7O. The summed E-state index contributed by atoms with van der Waals surface area (Å²) in [6, 6.07) is 6.31. The second-order valence-corrected chi connectivity index (χ2v) is 6.49. The third-order valence-electron chi connectivity index (χ3n) is 4.62. The maximum atomic E-state index is 14.2. The predicted molar refractivity (Wildman–Crippen MR) is 107 cm³/mol. The number of rotatable bonds is 4. The molecule has 4 N–H and O–H groups in total. The average Bonchev–Trinajstić information content (AvgIpc) is 3.28. The van der Waals surface area contributed by atoms with Crippen LogP contribution >= 0.6 is 0 Å². The molecule has 0 aliphatic carbocycles. The highest BCUT2D eigenvalue weighted by Crippen LogP contribution is 2.32. The summed E-state index contributed by atoms with van der Waals surface area (Å²) in [5, 5.41) is 9.10. The van der Waals surface area contributed by atoms with E-state index in [1.165, 1.54) is 19.2 Å². The third kappa shape index (κ3) is 3.00. The molecule has 1 aromatic carbocycles. The molecule has 0 saturated carbocycles. The Balaban J connectivity index is 1.81. The van der Waals surface area contributed by atoms with Gasteiger partial charge in [0.2, 0.25) is 0 Å². The summed E-state index contributed by atoms with van der Waals surface area (Å²) in [4.78, 5) is 23.7. The van der Waals surface area contributed by atoms with Crippen molar-refractivity contribution < 1.29 is 9.18 Å². The molecule has 0 aliphatic rings. The average molecular weight is 381 g/mol. The minimum atomic E-state index is -0.376. The van der Waals surface area contributed by atoms with Crippen molar-refractivity contribution in [1.82, 2.24) is 30.2 Å². The normalized spacial score (nSPS) is 11.1. The Morgan fingerprint density at radius 1 is 1.25 bits per heavy atom. The van der Waals surface area contributed by atoms with Gasteiger partial charge in [-0.25, -0.2) is 19.2 Å². The van der Waals surface area contributed by atoms with Crippen LogP contribution in [0.15, 0.2) is 30.6 Å². The molecule has 0 spiro atoms. The number of aromatic amines is 1. The molecule has 0 bridgehead atoms. The van der Waals surface area contributed by atoms with Gasteiger partial charge < -0.3 is 25.5 Å². The zero-order valence-electron chi connectivity index (χ0n) is 15.7. The highest BCUT2D eigenvalue weighted by atomic mass is 19.1. The standard InChI is InChI=1S/C19H20FN7O/c1-21-18-15-16(27(3)9-24-15)13-7-14(25-17(13)26-18)11-4-10(5-12(20)6-11)8-23-19(28)22-2/h4-7,9H,8H2,1-3H3,(H2,21,25,26)(H2,22,23,28). The van der Waals surface area contributed by atoms with E-state index in [0.717, 1.165) is 22.1 Å². The van der Waals surface area contributed by atoms with Crippen LogP contribution in [0, 0.1) is 5.82 Å². The first-order chi connectivity index (χ1) is 13.5. The number of hydrogen-bond donors (Lipinski definition) is 4. The van der Waals surface area contributed by atoms with Gasteiger partial charge >= 0.3 is 6.03 Å². The van der Waals surface area contributed by atoms with Crippen molar-refractivity contribution in [2.75, 3.05) is 19.4 Å². The number of H-pyrrole nitrogens is 1. The highest BCUT2D eigenvalue weighted by Gasteiger charge is 2.15. The summed E-state index contributed by atoms with van der Waals surface area (Å²) in [6.45, 7) is 0.221. The van der Waals surface area contributed by atoms with E-state index < -0.39 is 0 Å². The number of carbonyl (C=O) groups excluding carboxylic acids is 1. The SMILES string of the molecule is CNC(=O)NCc1cc(F)cc(-c2cc3c(nc(NC)c4ncn(C)c43)[nH]2)c1. The molecule has 0 radical (unpaired) electrons. The highest BCUT2D eigenvalue weighted by molar-refractivity contribution is 6.07. The van der Waals surface area contributed by atoms with E-state index in [-0.39, 0.29) is 18.4 Å². The third-order valence-corrected chi connectivity index (χ3v) is 4.62. The first-order valence-electron chi connectivity index (χ1n) is 8.77. The maximum Gasteiger partial charge on any atom is 0.314 e. The lowest BCUT2D eigenvalue weighted by Crippen LogP contribution is -2.32. The van der Waals surface area contributed by atoms with Crippen LogP contribution in [0.25, 0.3) is 33.3 Å². The molecule has 3 heterocycles. The number of nitrogens with one attached hydrogen (secondary N) is 4. The number of imidazole rings is 1. The fourth-order valence-corrected chi connectivity index (χ4v) is 3.31. The van der Waals surface area contributed by atoms with Crippen LogP contribution in [0.5, 0.6) is 0 Å². The van der Waals surface area contributed by atoms with E-state index in [9.17, 15) is 9.18 Å². The lowest BCUT2D eigenvalue weighted by molar-refractivity contribution is 0.242. The van der Waals surface area contributed by atoms with Crippen LogP contribution in [-0.2, 0) is 13.6 Å². The molecule has 28 heavy (non-hydrogen) atoms. The van der Waals surface area contributed by atoms with Crippen molar-refractivity contribution in [2.45, 2.75) is 6.54 Å². The van der Waals surface area contributed by atoms with Crippen LogP contribution < -0.4 is 16.0 Å². The number of halogens is 1. The van der Waals surface area contributed by atoms with Gasteiger partial charge in [-0.2, -0.15) is 0 Å². The zero-order valence-corrected chi connectivity index (χ0v) is 15.7. The number of benzene rings is 1. The molecule has 0 aliphatic heterocycles. The summed E-state index contributed by atoms with van der Waals surface area (Å²) >= 11 is 0. The topological polar surface area (TPSA) is 99.7 Å². The minimum absolute atomic E-state index is 0.221. The lowest BCUT2D eigenvalue weighted by atomic mass is 10.1. The summed E-state index contributed by atoms with van der Waals surface area (Å²) in [5.74, 6) is 0.297.